The van der Waals surface area contributed by atoms with Crippen molar-refractivity contribution in [2.45, 2.75) is 77.2 Å². The zero-order chi connectivity index (χ0) is 15.1. The van der Waals surface area contributed by atoms with Gasteiger partial charge in [0.1, 0.15) is 0 Å². The lowest BCUT2D eigenvalue weighted by molar-refractivity contribution is -0.126. The van der Waals surface area contributed by atoms with Gasteiger partial charge >= 0.3 is 0 Å². The zero-order valence-electron chi connectivity index (χ0n) is 13.0. The maximum absolute atomic E-state index is 11.9. The fourth-order valence-corrected chi connectivity index (χ4v) is 3.23. The molecule has 5 heteroatoms. The number of hydrogen-bond donors (Lipinski definition) is 2. The molecule has 2 N–H and O–H groups in total. The van der Waals surface area contributed by atoms with Crippen LogP contribution in [0.15, 0.2) is 5.10 Å². The lowest BCUT2D eigenvalue weighted by Crippen LogP contribution is -2.34. The van der Waals surface area contributed by atoms with Crippen LogP contribution in [-0.2, 0) is 9.59 Å². The van der Waals surface area contributed by atoms with Crippen molar-refractivity contribution in [3.05, 3.63) is 0 Å². The van der Waals surface area contributed by atoms with Crippen LogP contribution in [0.4, 0.5) is 0 Å². The van der Waals surface area contributed by atoms with E-state index in [0.717, 1.165) is 38.5 Å². The third kappa shape index (κ3) is 5.48. The highest BCUT2D eigenvalue weighted by Gasteiger charge is 2.21. The molecule has 0 aromatic carbocycles. The van der Waals surface area contributed by atoms with Gasteiger partial charge in [-0.1, -0.05) is 32.1 Å². The molecule has 0 aromatic rings. The molecule has 2 saturated carbocycles. The lowest BCUT2D eigenvalue weighted by Gasteiger charge is -2.19. The molecular weight excluding hydrogens is 266 g/mol. The Kier molecular flexibility index (Phi) is 6.21. The minimum absolute atomic E-state index is 0.00486. The Morgan fingerprint density at radius 2 is 1.62 bits per heavy atom. The summed E-state index contributed by atoms with van der Waals surface area (Å²) >= 11 is 0. The molecule has 0 spiro atoms. The van der Waals surface area contributed by atoms with E-state index in [-0.39, 0.29) is 24.2 Å². The van der Waals surface area contributed by atoms with Gasteiger partial charge in [0.05, 0.1) is 6.42 Å². The molecule has 0 heterocycles. The van der Waals surface area contributed by atoms with Crippen molar-refractivity contribution in [1.82, 2.24) is 10.7 Å². The minimum Gasteiger partial charge on any atom is -0.353 e. The monoisotopic (exact) mass is 293 g/mol. The Bertz CT molecular complexity index is 394. The molecule has 0 bridgehead atoms. The van der Waals surface area contributed by atoms with Crippen molar-refractivity contribution in [2.24, 2.45) is 11.0 Å². The second-order valence-corrected chi connectivity index (χ2v) is 6.38. The van der Waals surface area contributed by atoms with Crippen LogP contribution in [0, 0.1) is 5.92 Å². The maximum Gasteiger partial charge on any atom is 0.243 e. The lowest BCUT2D eigenvalue weighted by atomic mass is 9.89. The molecule has 21 heavy (non-hydrogen) atoms. The number of hydrazone groups is 1. The van der Waals surface area contributed by atoms with E-state index in [1.807, 2.05) is 0 Å². The summed E-state index contributed by atoms with van der Waals surface area (Å²) in [5, 5.41) is 7.10. The van der Waals surface area contributed by atoms with Crippen LogP contribution in [0.2, 0.25) is 0 Å². The first-order valence-electron chi connectivity index (χ1n) is 8.27. The quantitative estimate of drug-likeness (QED) is 0.604. The van der Waals surface area contributed by atoms with E-state index in [1.165, 1.54) is 19.3 Å². The molecule has 0 atom stereocenters. The number of carbonyl (C=O) groups excluding carboxylic acids is 2. The number of nitrogens with zero attached hydrogens (tertiary/aromatic N) is 1. The minimum atomic E-state index is 0.00486. The number of carbonyl (C=O) groups is 2. The van der Waals surface area contributed by atoms with Crippen LogP contribution in [0.25, 0.3) is 0 Å². The Labute approximate surface area is 126 Å². The van der Waals surface area contributed by atoms with Crippen molar-refractivity contribution in [2.75, 3.05) is 0 Å². The first-order chi connectivity index (χ1) is 10.1. The van der Waals surface area contributed by atoms with E-state index in [1.54, 1.807) is 6.92 Å². The van der Waals surface area contributed by atoms with Gasteiger partial charge in [0.15, 0.2) is 0 Å². The van der Waals surface area contributed by atoms with Gasteiger partial charge < -0.3 is 5.32 Å². The fourth-order valence-electron chi connectivity index (χ4n) is 3.23. The zero-order valence-corrected chi connectivity index (χ0v) is 13.0. The van der Waals surface area contributed by atoms with Crippen LogP contribution in [0.3, 0.4) is 0 Å². The van der Waals surface area contributed by atoms with E-state index in [2.05, 4.69) is 15.8 Å². The van der Waals surface area contributed by atoms with Crippen LogP contribution in [0.1, 0.15) is 71.1 Å². The topological polar surface area (TPSA) is 70.6 Å². The molecule has 0 aromatic heterocycles. The maximum atomic E-state index is 11.9. The Morgan fingerprint density at radius 1 is 1.00 bits per heavy atom. The molecule has 0 aliphatic heterocycles. The van der Waals surface area contributed by atoms with Crippen LogP contribution in [-0.4, -0.2) is 23.6 Å². The first kappa shape index (κ1) is 16.0. The molecule has 2 aliphatic rings. The summed E-state index contributed by atoms with van der Waals surface area (Å²) in [7, 11) is 0. The summed E-state index contributed by atoms with van der Waals surface area (Å²) in [6.45, 7) is 1.79. The average Bonchev–Trinajstić information content (AvgIpc) is 2.98. The SMILES string of the molecule is C/C(CC(=O)NC1CCCC1)=N\NC(=O)C1CCCCC1. The van der Waals surface area contributed by atoms with Gasteiger partial charge in [0, 0.05) is 17.7 Å². The van der Waals surface area contributed by atoms with Crippen molar-refractivity contribution >= 4 is 17.5 Å². The third-order valence-electron chi connectivity index (χ3n) is 4.47. The number of nitrogens with one attached hydrogen (secondary N) is 2. The number of hydrogen-bond acceptors (Lipinski definition) is 3. The van der Waals surface area contributed by atoms with Gasteiger partial charge in [-0.05, 0) is 32.6 Å². The van der Waals surface area contributed by atoms with Crippen LogP contribution >= 0.6 is 0 Å². The molecular formula is C16H27N3O2. The van der Waals surface area contributed by atoms with Crippen molar-refractivity contribution < 1.29 is 9.59 Å². The second-order valence-electron chi connectivity index (χ2n) is 6.38. The highest BCUT2D eigenvalue weighted by molar-refractivity contribution is 6.00. The molecule has 2 aliphatic carbocycles. The van der Waals surface area contributed by atoms with Crippen molar-refractivity contribution in [3.63, 3.8) is 0 Å². The predicted octanol–water partition coefficient (Wildman–Crippen LogP) is 2.51. The van der Waals surface area contributed by atoms with E-state index in [9.17, 15) is 9.59 Å². The summed E-state index contributed by atoms with van der Waals surface area (Å²) in [6, 6.07) is 0.335. The van der Waals surface area contributed by atoms with Gasteiger partial charge in [-0.25, -0.2) is 5.43 Å². The number of rotatable bonds is 5. The average molecular weight is 293 g/mol. The van der Waals surface area contributed by atoms with E-state index in [4.69, 9.17) is 0 Å². The predicted molar refractivity (Wildman–Crippen MR) is 82.8 cm³/mol. The summed E-state index contributed by atoms with van der Waals surface area (Å²) in [6.07, 6.45) is 10.3. The van der Waals surface area contributed by atoms with E-state index >= 15 is 0 Å². The standard InChI is InChI=1S/C16H27N3O2/c1-12(11-15(20)17-14-9-5-6-10-14)18-19-16(21)13-7-3-2-4-8-13/h13-14H,2-11H2,1H3,(H,17,20)(H,19,21)/b18-12+. The molecule has 2 fully saturated rings. The highest BCUT2D eigenvalue weighted by atomic mass is 16.2. The Morgan fingerprint density at radius 3 is 2.29 bits per heavy atom. The van der Waals surface area contributed by atoms with E-state index in [0.29, 0.717) is 11.8 Å². The fraction of sp³-hybridized carbons (Fsp3) is 0.812. The van der Waals surface area contributed by atoms with Crippen LogP contribution < -0.4 is 10.7 Å². The summed E-state index contributed by atoms with van der Waals surface area (Å²) < 4.78 is 0. The van der Waals surface area contributed by atoms with Crippen molar-refractivity contribution in [1.29, 1.82) is 0 Å². The second kappa shape index (κ2) is 8.15. The molecule has 5 nitrogen and oxygen atoms in total. The van der Waals surface area contributed by atoms with E-state index < -0.39 is 0 Å². The Balaban J connectivity index is 1.69. The van der Waals surface area contributed by atoms with Gasteiger partial charge in [0.25, 0.3) is 0 Å². The molecule has 0 radical (unpaired) electrons. The van der Waals surface area contributed by atoms with Crippen molar-refractivity contribution in [3.8, 4) is 0 Å². The third-order valence-corrected chi connectivity index (χ3v) is 4.47. The van der Waals surface area contributed by atoms with Gasteiger partial charge in [-0.15, -0.1) is 0 Å². The van der Waals surface area contributed by atoms with Gasteiger partial charge in [0.2, 0.25) is 11.8 Å². The van der Waals surface area contributed by atoms with Crippen LogP contribution in [0.5, 0.6) is 0 Å². The summed E-state index contributed by atoms with van der Waals surface area (Å²) in [5.41, 5.74) is 3.28. The summed E-state index contributed by atoms with van der Waals surface area (Å²) in [5.74, 6) is 0.114. The largest absolute Gasteiger partial charge is 0.353 e. The Hall–Kier alpha value is -1.39. The smallest absolute Gasteiger partial charge is 0.243 e. The highest BCUT2D eigenvalue weighted by Crippen LogP contribution is 2.23. The first-order valence-corrected chi connectivity index (χ1v) is 8.27. The summed E-state index contributed by atoms with van der Waals surface area (Å²) in [4.78, 5) is 23.8. The molecule has 0 unspecified atom stereocenters. The molecule has 2 rings (SSSR count). The molecule has 118 valence electrons. The number of amides is 2. The molecule has 0 saturated heterocycles. The van der Waals surface area contributed by atoms with Gasteiger partial charge in [-0.3, -0.25) is 9.59 Å². The van der Waals surface area contributed by atoms with Gasteiger partial charge in [-0.2, -0.15) is 5.10 Å². The normalized spacial score (nSPS) is 21.3. The molecule has 2 amide bonds.